The fraction of sp³-hybridized carbons (Fsp3) is 0.348. The number of nitrogens with two attached hydrogens (primary N) is 1. The van der Waals surface area contributed by atoms with Crippen molar-refractivity contribution in [1.29, 1.82) is 0 Å². The van der Waals surface area contributed by atoms with E-state index in [9.17, 15) is 24.3 Å². The Kier molecular flexibility index (Phi) is 7.52. The van der Waals surface area contributed by atoms with Gasteiger partial charge >= 0.3 is 5.97 Å². The Bertz CT molecular complexity index is 1590. The van der Waals surface area contributed by atoms with Crippen LogP contribution in [0.5, 0.6) is 0 Å². The number of fused-ring (bicyclic) bond motifs is 2. The number of hydrogen-bond acceptors (Lipinski definition) is 12. The average Bonchev–Trinajstić information content (AvgIpc) is 3.62. The van der Waals surface area contributed by atoms with Gasteiger partial charge in [0.05, 0.1) is 11.7 Å². The van der Waals surface area contributed by atoms with E-state index < -0.39 is 41.3 Å². The van der Waals surface area contributed by atoms with Crippen molar-refractivity contribution in [3.8, 4) is 0 Å². The number of nitrogens with one attached hydrogen (secondary N) is 1. The van der Waals surface area contributed by atoms with E-state index >= 15 is 0 Å². The van der Waals surface area contributed by atoms with E-state index in [2.05, 4.69) is 27.8 Å². The number of carboxylic acids is 2. The predicted molar refractivity (Wildman–Crippen MR) is 143 cm³/mol. The minimum atomic E-state index is -1.48. The van der Waals surface area contributed by atoms with Crippen LogP contribution < -0.4 is 20.7 Å². The standard InChI is InChI=1S/C23H23N7O7S3/c1-3-12-7-38-14-5-28(9-29(12)14)4-11-6-39-20-16(19(32)30(20)17(11)22(35)36)26-18(31)15(13-8-40-23(24)25-13)27-37-10(2)21(33)34/h5,7-10,16,20H,3-4,6H2,1-2H3,(H4-,24,25,26,31,33,34,35,36)/b27-15-/t10-,16+,20+/m0/s1. The molecule has 0 unspecified atom stereocenters. The second kappa shape index (κ2) is 10.9. The highest BCUT2D eigenvalue weighted by atomic mass is 32.2. The number of aromatic nitrogens is 3. The van der Waals surface area contributed by atoms with E-state index in [1.807, 2.05) is 21.5 Å². The van der Waals surface area contributed by atoms with Crippen LogP contribution in [0, 0.1) is 0 Å². The number of imidazole rings is 1. The third-order valence-electron chi connectivity index (χ3n) is 6.29. The number of nitrogen functional groups attached to an aromatic ring is 1. The summed E-state index contributed by atoms with van der Waals surface area (Å²) in [5, 5.41) is 30.4. The number of amides is 2. The molecule has 14 nitrogen and oxygen atoms in total. The van der Waals surface area contributed by atoms with Gasteiger partial charge in [0.2, 0.25) is 17.3 Å². The molecule has 0 saturated carbocycles. The normalized spacial score (nSPS) is 19.8. The number of carbonyl (C=O) groups is 4. The van der Waals surface area contributed by atoms with Crippen molar-refractivity contribution in [2.24, 2.45) is 5.16 Å². The Hall–Kier alpha value is -3.96. The molecule has 0 aromatic carbocycles. The number of rotatable bonds is 10. The molecular formula is C23H23N7O7S3. The van der Waals surface area contributed by atoms with E-state index in [1.54, 1.807) is 11.3 Å². The summed E-state index contributed by atoms with van der Waals surface area (Å²) in [4.78, 5) is 60.6. The van der Waals surface area contributed by atoms with Gasteiger partial charge in [-0.25, -0.2) is 14.3 Å². The number of oxime groups is 1. The molecule has 40 heavy (non-hydrogen) atoms. The average molecular weight is 606 g/mol. The number of hydrogen-bond donors (Lipinski definition) is 3. The molecule has 3 atom stereocenters. The molecule has 210 valence electrons. The maximum absolute atomic E-state index is 13.1. The van der Waals surface area contributed by atoms with Crippen LogP contribution in [0.25, 0.3) is 4.83 Å². The van der Waals surface area contributed by atoms with Gasteiger partial charge in [0.25, 0.3) is 11.8 Å². The van der Waals surface area contributed by atoms with Crippen LogP contribution in [0.3, 0.4) is 0 Å². The number of carboxylic acid groups (broad SMARTS) is 2. The van der Waals surface area contributed by atoms with Gasteiger partial charge in [0.1, 0.15) is 35.5 Å². The summed E-state index contributed by atoms with van der Waals surface area (Å²) in [7, 11) is 0. The van der Waals surface area contributed by atoms with Crippen LogP contribution in [-0.4, -0.2) is 72.1 Å². The molecule has 0 aliphatic carbocycles. The summed E-state index contributed by atoms with van der Waals surface area (Å²) in [5.41, 5.74) is 6.76. The number of thioether (sulfide) groups is 1. The Labute approximate surface area is 238 Å². The summed E-state index contributed by atoms with van der Waals surface area (Å²) in [6, 6.07) is -1.06. The molecule has 1 saturated heterocycles. The Balaban J connectivity index is 1.35. The topological polar surface area (TPSA) is 196 Å². The van der Waals surface area contributed by atoms with Gasteiger partial charge in [-0.1, -0.05) is 23.4 Å². The second-order valence-electron chi connectivity index (χ2n) is 8.90. The highest BCUT2D eigenvalue weighted by molar-refractivity contribution is 8.00. The maximum Gasteiger partial charge on any atom is 0.347 e. The first-order chi connectivity index (χ1) is 19.1. The molecule has 2 amide bonds. The molecule has 0 spiro atoms. The lowest BCUT2D eigenvalue weighted by molar-refractivity contribution is -0.687. The second-order valence-corrected chi connectivity index (χ2v) is 11.8. The van der Waals surface area contributed by atoms with Crippen molar-refractivity contribution in [3.05, 3.63) is 45.9 Å². The molecule has 2 aliphatic rings. The molecule has 5 heterocycles. The fourth-order valence-electron chi connectivity index (χ4n) is 4.27. The van der Waals surface area contributed by atoms with E-state index in [1.165, 1.54) is 24.1 Å². The highest BCUT2D eigenvalue weighted by Crippen LogP contribution is 2.40. The van der Waals surface area contributed by atoms with Crippen molar-refractivity contribution in [2.75, 3.05) is 11.5 Å². The minimum Gasteiger partial charge on any atom is -0.543 e. The van der Waals surface area contributed by atoms with Crippen LogP contribution in [0.2, 0.25) is 0 Å². The van der Waals surface area contributed by atoms with E-state index in [0.717, 1.165) is 33.2 Å². The number of carbonyl (C=O) groups excluding carboxylic acids is 3. The maximum atomic E-state index is 13.1. The van der Waals surface area contributed by atoms with Crippen molar-refractivity contribution in [1.82, 2.24) is 19.6 Å². The SMILES string of the molecule is CCc1csc2c[n+](CC3=C(C(=O)[O-])N4C(=O)[C@@H](NC(=O)/C(=N\O[C@@H](C)C(=O)O)c5csc(N)n5)[C@H]4SC3)cn12. The van der Waals surface area contributed by atoms with Gasteiger partial charge in [-0.15, -0.1) is 23.1 Å². The van der Waals surface area contributed by atoms with Crippen molar-refractivity contribution >= 4 is 73.9 Å². The number of anilines is 1. The monoisotopic (exact) mass is 605 g/mol. The third kappa shape index (κ3) is 5.02. The minimum absolute atomic E-state index is 0.0332. The first kappa shape index (κ1) is 27.6. The first-order valence-corrected chi connectivity index (χ1v) is 14.7. The molecule has 1 fully saturated rings. The smallest absolute Gasteiger partial charge is 0.347 e. The van der Waals surface area contributed by atoms with E-state index in [4.69, 9.17) is 15.7 Å². The molecule has 4 N–H and O–H groups in total. The predicted octanol–water partition coefficient (Wildman–Crippen LogP) is -0.813. The van der Waals surface area contributed by atoms with Crippen molar-refractivity contribution in [3.63, 3.8) is 0 Å². The number of aliphatic carboxylic acids is 2. The van der Waals surface area contributed by atoms with Crippen LogP contribution in [0.1, 0.15) is 25.2 Å². The zero-order valence-corrected chi connectivity index (χ0v) is 23.5. The molecule has 0 bridgehead atoms. The number of nitrogens with zero attached hydrogens (tertiary/aromatic N) is 5. The molecule has 5 rings (SSSR count). The van der Waals surface area contributed by atoms with Gasteiger partial charge in [0, 0.05) is 28.5 Å². The largest absolute Gasteiger partial charge is 0.543 e. The third-order valence-corrected chi connectivity index (χ3v) is 9.24. The van der Waals surface area contributed by atoms with Crippen LogP contribution in [0.4, 0.5) is 5.13 Å². The summed E-state index contributed by atoms with van der Waals surface area (Å²) in [5.74, 6) is -3.97. The lowest BCUT2D eigenvalue weighted by atomic mass is 10.0. The summed E-state index contributed by atoms with van der Waals surface area (Å²) >= 11 is 3.92. The lowest BCUT2D eigenvalue weighted by Gasteiger charge is -2.50. The van der Waals surface area contributed by atoms with E-state index in [0.29, 0.717) is 11.3 Å². The van der Waals surface area contributed by atoms with Crippen LogP contribution in [-0.2, 0) is 37.0 Å². The van der Waals surface area contributed by atoms with Crippen LogP contribution >= 0.6 is 34.4 Å². The summed E-state index contributed by atoms with van der Waals surface area (Å²) in [6.45, 7) is 3.53. The Morgan fingerprint density at radius 3 is 2.80 bits per heavy atom. The van der Waals surface area contributed by atoms with Crippen LogP contribution in [0.15, 0.2) is 39.7 Å². The molecular weight excluding hydrogens is 582 g/mol. The van der Waals surface area contributed by atoms with Crippen molar-refractivity contribution < 1.29 is 38.8 Å². The number of β-lactam (4-membered cyclic amide) rings is 1. The summed E-state index contributed by atoms with van der Waals surface area (Å²) < 4.78 is 3.91. The first-order valence-electron chi connectivity index (χ1n) is 11.9. The fourth-order valence-corrected chi connectivity index (χ4v) is 7.17. The van der Waals surface area contributed by atoms with Gasteiger partial charge < -0.3 is 30.9 Å². The highest BCUT2D eigenvalue weighted by Gasteiger charge is 2.53. The zero-order valence-electron chi connectivity index (χ0n) is 21.1. The molecule has 2 aliphatic heterocycles. The molecule has 3 aromatic heterocycles. The van der Waals surface area contributed by atoms with Crippen molar-refractivity contribution in [2.45, 2.75) is 44.3 Å². The van der Waals surface area contributed by atoms with Gasteiger partial charge in [0.15, 0.2) is 10.8 Å². The molecule has 0 radical (unpaired) electrons. The quantitative estimate of drug-likeness (QED) is 0.114. The number of aryl methyl sites for hydroxylation is 1. The van der Waals surface area contributed by atoms with E-state index in [-0.39, 0.29) is 28.8 Å². The Morgan fingerprint density at radius 1 is 1.38 bits per heavy atom. The lowest BCUT2D eigenvalue weighted by Crippen LogP contribution is -2.71. The zero-order chi connectivity index (χ0) is 28.7. The van der Waals surface area contributed by atoms with Gasteiger partial charge in [-0.05, 0) is 6.92 Å². The molecule has 17 heteroatoms. The number of thiazole rings is 2. The summed E-state index contributed by atoms with van der Waals surface area (Å²) in [6.07, 6.45) is 3.30. The van der Waals surface area contributed by atoms with Gasteiger partial charge in [-0.2, -0.15) is 4.40 Å². The van der Waals surface area contributed by atoms with Gasteiger partial charge in [-0.3, -0.25) is 14.5 Å². The molecule has 3 aromatic rings. The Morgan fingerprint density at radius 2 is 2.15 bits per heavy atom.